The number of carboxylic acids is 1. The number of carboxylic acid groups (broad SMARTS) is 1. The molecule has 0 saturated heterocycles. The summed E-state index contributed by atoms with van der Waals surface area (Å²) >= 11 is 0. The SMILES string of the molecule is Cc1[nH]c(/C=C2\C(=O)Nc3cc(NC(=O)c4cccn(C)c4=O)ccc32)c(C)c1C(=O)O. The van der Waals surface area contributed by atoms with Crippen molar-refractivity contribution in [1.82, 2.24) is 9.55 Å². The van der Waals surface area contributed by atoms with Gasteiger partial charge in [-0.25, -0.2) is 4.79 Å². The van der Waals surface area contributed by atoms with Crippen molar-refractivity contribution < 1.29 is 19.5 Å². The Hall–Kier alpha value is -4.40. The van der Waals surface area contributed by atoms with E-state index in [4.69, 9.17) is 0 Å². The third kappa shape index (κ3) is 3.49. The molecule has 0 atom stereocenters. The lowest BCUT2D eigenvalue weighted by atomic mass is 10.0. The van der Waals surface area contributed by atoms with Crippen LogP contribution in [0.25, 0.3) is 11.6 Å². The van der Waals surface area contributed by atoms with Gasteiger partial charge in [0.05, 0.1) is 16.8 Å². The van der Waals surface area contributed by atoms with Crippen LogP contribution >= 0.6 is 0 Å². The number of rotatable bonds is 4. The number of nitrogens with zero attached hydrogens (tertiary/aromatic N) is 1. The number of aromatic carboxylic acids is 1. The summed E-state index contributed by atoms with van der Waals surface area (Å²) in [5, 5.41) is 14.8. The Balaban J connectivity index is 1.65. The molecule has 1 aliphatic heterocycles. The lowest BCUT2D eigenvalue weighted by Crippen LogP contribution is -2.27. The molecule has 0 aliphatic carbocycles. The number of pyridine rings is 1. The first-order valence-corrected chi connectivity index (χ1v) is 9.74. The molecule has 0 unspecified atom stereocenters. The van der Waals surface area contributed by atoms with Gasteiger partial charge in [-0.1, -0.05) is 6.07 Å². The van der Waals surface area contributed by atoms with Crippen LogP contribution in [0, 0.1) is 13.8 Å². The maximum Gasteiger partial charge on any atom is 0.337 e. The van der Waals surface area contributed by atoms with Gasteiger partial charge in [0.2, 0.25) is 0 Å². The van der Waals surface area contributed by atoms with Crippen molar-refractivity contribution in [2.45, 2.75) is 13.8 Å². The number of carbonyl (C=O) groups excluding carboxylic acids is 2. The highest BCUT2D eigenvalue weighted by Crippen LogP contribution is 2.35. The third-order valence-corrected chi connectivity index (χ3v) is 5.41. The second-order valence-electron chi connectivity index (χ2n) is 7.53. The van der Waals surface area contributed by atoms with E-state index in [1.165, 1.54) is 10.6 Å². The van der Waals surface area contributed by atoms with E-state index in [-0.39, 0.29) is 17.0 Å². The Morgan fingerprint density at radius 1 is 1.16 bits per heavy atom. The van der Waals surface area contributed by atoms with Gasteiger partial charge in [-0.3, -0.25) is 14.4 Å². The van der Waals surface area contributed by atoms with Crippen molar-refractivity contribution >= 4 is 40.8 Å². The van der Waals surface area contributed by atoms with E-state index >= 15 is 0 Å². The summed E-state index contributed by atoms with van der Waals surface area (Å²) in [6.45, 7) is 3.34. The van der Waals surface area contributed by atoms with Gasteiger partial charge in [0.25, 0.3) is 17.4 Å². The molecule has 2 aromatic heterocycles. The van der Waals surface area contributed by atoms with Crippen molar-refractivity contribution in [3.05, 3.63) is 80.5 Å². The predicted molar refractivity (Wildman–Crippen MR) is 120 cm³/mol. The number of aryl methyl sites for hydroxylation is 2. The fraction of sp³-hybridized carbons (Fsp3) is 0.130. The number of amides is 2. The van der Waals surface area contributed by atoms with Gasteiger partial charge in [-0.05, 0) is 49.8 Å². The summed E-state index contributed by atoms with van der Waals surface area (Å²) in [7, 11) is 1.56. The largest absolute Gasteiger partial charge is 0.478 e. The Morgan fingerprint density at radius 3 is 2.59 bits per heavy atom. The number of aromatic nitrogens is 2. The van der Waals surface area contributed by atoms with Gasteiger partial charge < -0.3 is 25.3 Å². The van der Waals surface area contributed by atoms with Crippen molar-refractivity contribution in [1.29, 1.82) is 0 Å². The van der Waals surface area contributed by atoms with Gasteiger partial charge in [0, 0.05) is 35.9 Å². The molecule has 0 bridgehead atoms. The van der Waals surface area contributed by atoms with Gasteiger partial charge >= 0.3 is 5.97 Å². The molecule has 32 heavy (non-hydrogen) atoms. The summed E-state index contributed by atoms with van der Waals surface area (Å²) in [6, 6.07) is 7.97. The second-order valence-corrected chi connectivity index (χ2v) is 7.53. The number of fused-ring (bicyclic) bond motifs is 1. The van der Waals surface area contributed by atoms with Crippen LogP contribution in [-0.2, 0) is 11.8 Å². The van der Waals surface area contributed by atoms with Crippen molar-refractivity contribution in [3.8, 4) is 0 Å². The molecule has 0 radical (unpaired) electrons. The number of anilines is 2. The summed E-state index contributed by atoms with van der Waals surface area (Å²) in [5.41, 5.74) is 3.26. The smallest absolute Gasteiger partial charge is 0.337 e. The summed E-state index contributed by atoms with van der Waals surface area (Å²) < 4.78 is 1.31. The van der Waals surface area contributed by atoms with E-state index < -0.39 is 17.4 Å². The van der Waals surface area contributed by atoms with Crippen molar-refractivity contribution in [3.63, 3.8) is 0 Å². The standard InChI is InChI=1S/C23H20N4O5/c1-11-17(24-12(2)19(11)23(31)32)10-16-14-7-6-13(9-18(14)26-21(16)29)25-20(28)15-5-4-8-27(3)22(15)30/h4-10,24H,1-3H3,(H,25,28)(H,26,29)(H,31,32)/b16-10-. The van der Waals surface area contributed by atoms with Crippen LogP contribution in [0.15, 0.2) is 41.3 Å². The minimum atomic E-state index is -1.04. The Kier molecular flexibility index (Phi) is 5.01. The zero-order chi connectivity index (χ0) is 23.2. The van der Waals surface area contributed by atoms with Gasteiger partial charge in [0.15, 0.2) is 0 Å². The molecule has 0 saturated carbocycles. The van der Waals surface area contributed by atoms with E-state index in [0.29, 0.717) is 39.5 Å². The number of aromatic amines is 1. The van der Waals surface area contributed by atoms with E-state index in [9.17, 15) is 24.3 Å². The maximum atomic E-state index is 12.6. The first-order chi connectivity index (χ1) is 15.2. The highest BCUT2D eigenvalue weighted by molar-refractivity contribution is 6.35. The first kappa shape index (κ1) is 20.9. The van der Waals surface area contributed by atoms with Crippen LogP contribution in [0.4, 0.5) is 11.4 Å². The fourth-order valence-corrected chi connectivity index (χ4v) is 3.77. The first-order valence-electron chi connectivity index (χ1n) is 9.74. The number of hydrogen-bond donors (Lipinski definition) is 4. The van der Waals surface area contributed by atoms with Crippen LogP contribution in [-0.4, -0.2) is 32.4 Å². The molecule has 4 rings (SSSR count). The zero-order valence-corrected chi connectivity index (χ0v) is 17.6. The number of H-pyrrole nitrogens is 1. The van der Waals surface area contributed by atoms with Gasteiger partial charge in [-0.15, -0.1) is 0 Å². The summed E-state index contributed by atoms with van der Waals surface area (Å²) in [6.07, 6.45) is 3.17. The molecule has 4 N–H and O–H groups in total. The monoisotopic (exact) mass is 432 g/mol. The normalized spacial score (nSPS) is 13.7. The Labute approximate surface area is 182 Å². The molecule has 162 valence electrons. The molecule has 0 fully saturated rings. The molecule has 0 spiro atoms. The van der Waals surface area contributed by atoms with Crippen molar-refractivity contribution in [2.24, 2.45) is 7.05 Å². The predicted octanol–water partition coefficient (Wildman–Crippen LogP) is 2.77. The third-order valence-electron chi connectivity index (χ3n) is 5.41. The van der Waals surface area contributed by atoms with Gasteiger partial charge in [-0.2, -0.15) is 0 Å². The van der Waals surface area contributed by atoms with Crippen LogP contribution in [0.1, 0.15) is 43.2 Å². The fourth-order valence-electron chi connectivity index (χ4n) is 3.77. The average molecular weight is 432 g/mol. The van der Waals surface area contributed by atoms with Crippen LogP contribution in [0.3, 0.4) is 0 Å². The van der Waals surface area contributed by atoms with Gasteiger partial charge in [0.1, 0.15) is 5.56 Å². The highest BCUT2D eigenvalue weighted by atomic mass is 16.4. The summed E-state index contributed by atoms with van der Waals surface area (Å²) in [5.74, 6) is -1.93. The Morgan fingerprint density at radius 2 is 1.91 bits per heavy atom. The van der Waals surface area contributed by atoms with E-state index in [1.807, 2.05) is 0 Å². The molecule has 1 aromatic carbocycles. The number of hydrogen-bond acceptors (Lipinski definition) is 4. The number of nitrogens with one attached hydrogen (secondary N) is 3. The quantitative estimate of drug-likeness (QED) is 0.471. The maximum absolute atomic E-state index is 12.6. The lowest BCUT2D eigenvalue weighted by Gasteiger charge is -2.08. The Bertz CT molecular complexity index is 1390. The molecule has 9 nitrogen and oxygen atoms in total. The molecule has 1 aliphatic rings. The number of benzene rings is 1. The van der Waals surface area contributed by atoms with Crippen molar-refractivity contribution in [2.75, 3.05) is 10.6 Å². The summed E-state index contributed by atoms with van der Waals surface area (Å²) in [4.78, 5) is 51.7. The molecule has 3 heterocycles. The van der Waals surface area contributed by atoms with E-state index in [1.54, 1.807) is 57.4 Å². The molecule has 2 amide bonds. The van der Waals surface area contributed by atoms with Crippen LogP contribution < -0.4 is 16.2 Å². The minimum Gasteiger partial charge on any atom is -0.478 e. The lowest BCUT2D eigenvalue weighted by molar-refractivity contribution is -0.110. The van der Waals surface area contributed by atoms with E-state index in [2.05, 4.69) is 15.6 Å². The molecular formula is C23H20N4O5. The zero-order valence-electron chi connectivity index (χ0n) is 17.6. The molecule has 3 aromatic rings. The van der Waals surface area contributed by atoms with Crippen LogP contribution in [0.5, 0.6) is 0 Å². The number of carbonyl (C=O) groups is 3. The molecular weight excluding hydrogens is 412 g/mol. The second kappa shape index (κ2) is 7.69. The average Bonchev–Trinajstić information content (AvgIpc) is 3.18. The van der Waals surface area contributed by atoms with Crippen LogP contribution in [0.2, 0.25) is 0 Å². The minimum absolute atomic E-state index is 0.00643. The molecule has 9 heteroatoms. The highest BCUT2D eigenvalue weighted by Gasteiger charge is 2.26. The topological polar surface area (TPSA) is 133 Å². The van der Waals surface area contributed by atoms with E-state index in [0.717, 1.165) is 0 Å².